The van der Waals surface area contributed by atoms with Crippen molar-refractivity contribution in [1.82, 2.24) is 9.78 Å². The Kier molecular flexibility index (Phi) is 2.82. The summed E-state index contributed by atoms with van der Waals surface area (Å²) in [5.41, 5.74) is 1.54. The lowest BCUT2D eigenvalue weighted by atomic mass is 10.1. The van der Waals surface area contributed by atoms with Gasteiger partial charge in [0.2, 0.25) is 0 Å². The van der Waals surface area contributed by atoms with Crippen molar-refractivity contribution in [2.75, 3.05) is 0 Å². The predicted octanol–water partition coefficient (Wildman–Crippen LogP) is 3.77. The summed E-state index contributed by atoms with van der Waals surface area (Å²) in [5.74, 6) is -0.624. The van der Waals surface area contributed by atoms with Crippen molar-refractivity contribution in [2.24, 2.45) is 0 Å². The summed E-state index contributed by atoms with van der Waals surface area (Å²) in [7, 11) is 0. The highest BCUT2D eigenvalue weighted by Gasteiger charge is 2.29. The molecule has 5 heteroatoms. The first kappa shape index (κ1) is 11.7. The molecular formula is C13H11ClF2N2. The predicted molar refractivity (Wildman–Crippen MR) is 65.0 cm³/mol. The first-order valence-electron chi connectivity index (χ1n) is 5.79. The van der Waals surface area contributed by atoms with Gasteiger partial charge in [0, 0.05) is 0 Å². The Labute approximate surface area is 108 Å². The number of rotatable bonds is 3. The van der Waals surface area contributed by atoms with Crippen molar-refractivity contribution < 1.29 is 8.78 Å². The van der Waals surface area contributed by atoms with E-state index in [0.717, 1.165) is 18.4 Å². The van der Waals surface area contributed by atoms with Gasteiger partial charge in [-0.05, 0) is 36.5 Å². The van der Waals surface area contributed by atoms with Gasteiger partial charge in [-0.25, -0.2) is 13.5 Å². The van der Waals surface area contributed by atoms with Gasteiger partial charge in [-0.15, -0.1) is 11.6 Å². The first-order chi connectivity index (χ1) is 8.72. The van der Waals surface area contributed by atoms with Gasteiger partial charge in [-0.1, -0.05) is 6.07 Å². The monoisotopic (exact) mass is 268 g/mol. The number of aromatic nitrogens is 2. The molecule has 0 atom stereocenters. The summed E-state index contributed by atoms with van der Waals surface area (Å²) < 4.78 is 28.8. The van der Waals surface area contributed by atoms with Crippen LogP contribution in [0.3, 0.4) is 0 Å². The van der Waals surface area contributed by atoms with Gasteiger partial charge in [-0.2, -0.15) is 5.10 Å². The number of hydrogen-bond donors (Lipinski definition) is 0. The zero-order valence-corrected chi connectivity index (χ0v) is 10.3. The molecular weight excluding hydrogens is 258 g/mol. The smallest absolute Gasteiger partial charge is 0.151 e. The van der Waals surface area contributed by atoms with E-state index < -0.39 is 11.6 Å². The molecule has 1 saturated carbocycles. The van der Waals surface area contributed by atoms with Crippen LogP contribution in [0.4, 0.5) is 8.78 Å². The highest BCUT2D eigenvalue weighted by molar-refractivity contribution is 6.17. The maximum atomic E-state index is 13.7. The maximum absolute atomic E-state index is 13.7. The molecule has 0 spiro atoms. The van der Waals surface area contributed by atoms with Crippen molar-refractivity contribution in [2.45, 2.75) is 24.6 Å². The third-order valence-corrected chi connectivity index (χ3v) is 3.45. The molecule has 0 amide bonds. The molecule has 1 aliphatic rings. The molecule has 18 heavy (non-hydrogen) atoms. The van der Waals surface area contributed by atoms with Gasteiger partial charge < -0.3 is 0 Å². The number of para-hydroxylation sites is 1. The Morgan fingerprint density at radius 3 is 2.50 bits per heavy atom. The molecule has 94 valence electrons. The van der Waals surface area contributed by atoms with E-state index >= 15 is 0 Å². The number of alkyl halides is 1. The van der Waals surface area contributed by atoms with Gasteiger partial charge in [0.25, 0.3) is 0 Å². The second-order valence-electron chi connectivity index (χ2n) is 4.44. The topological polar surface area (TPSA) is 17.8 Å². The van der Waals surface area contributed by atoms with Crippen LogP contribution in [0.2, 0.25) is 0 Å². The molecule has 0 radical (unpaired) electrons. The van der Waals surface area contributed by atoms with E-state index in [2.05, 4.69) is 5.10 Å². The zero-order chi connectivity index (χ0) is 12.7. The molecule has 0 N–H and O–H groups in total. The number of benzene rings is 1. The van der Waals surface area contributed by atoms with E-state index in [1.54, 1.807) is 6.20 Å². The lowest BCUT2D eigenvalue weighted by Crippen LogP contribution is -2.07. The maximum Gasteiger partial charge on any atom is 0.151 e. The molecule has 1 aliphatic carbocycles. The average Bonchev–Trinajstić information content (AvgIpc) is 3.10. The summed E-state index contributed by atoms with van der Waals surface area (Å²) >= 11 is 5.90. The second-order valence-corrected chi connectivity index (χ2v) is 4.70. The van der Waals surface area contributed by atoms with Crippen molar-refractivity contribution in [3.63, 3.8) is 0 Å². The summed E-state index contributed by atoms with van der Waals surface area (Å²) in [6.07, 6.45) is 3.85. The Morgan fingerprint density at radius 2 is 1.94 bits per heavy atom. The van der Waals surface area contributed by atoms with Crippen LogP contribution in [-0.2, 0) is 5.88 Å². The molecule has 3 rings (SSSR count). The summed E-state index contributed by atoms with van der Waals surface area (Å²) in [5, 5.41) is 4.09. The van der Waals surface area contributed by atoms with Gasteiger partial charge in [-0.3, -0.25) is 0 Å². The summed E-state index contributed by atoms with van der Waals surface area (Å²) in [4.78, 5) is 0. The molecule has 0 unspecified atom stereocenters. The van der Waals surface area contributed by atoms with Crippen LogP contribution >= 0.6 is 11.6 Å². The fourth-order valence-electron chi connectivity index (χ4n) is 2.14. The fraction of sp³-hybridized carbons (Fsp3) is 0.308. The molecule has 0 bridgehead atoms. The van der Waals surface area contributed by atoms with Crippen molar-refractivity contribution in [3.05, 3.63) is 47.3 Å². The molecule has 2 nitrogen and oxygen atoms in total. The Morgan fingerprint density at radius 1 is 1.28 bits per heavy atom. The van der Waals surface area contributed by atoms with Crippen LogP contribution < -0.4 is 0 Å². The van der Waals surface area contributed by atoms with Gasteiger partial charge in [0.1, 0.15) is 5.69 Å². The summed E-state index contributed by atoms with van der Waals surface area (Å²) in [6, 6.07) is 3.77. The van der Waals surface area contributed by atoms with E-state index in [1.165, 1.54) is 22.9 Å². The molecule has 1 aromatic carbocycles. The Balaban J connectivity index is 2.16. The van der Waals surface area contributed by atoms with Crippen molar-refractivity contribution in [1.29, 1.82) is 0 Å². The number of halogens is 3. The first-order valence-corrected chi connectivity index (χ1v) is 6.33. The van der Waals surface area contributed by atoms with E-state index in [-0.39, 0.29) is 11.6 Å². The fourth-order valence-corrected chi connectivity index (χ4v) is 2.41. The van der Waals surface area contributed by atoms with Gasteiger partial charge >= 0.3 is 0 Å². The van der Waals surface area contributed by atoms with E-state index in [4.69, 9.17) is 11.6 Å². The van der Waals surface area contributed by atoms with Crippen LogP contribution in [0, 0.1) is 11.6 Å². The van der Waals surface area contributed by atoms with Crippen molar-refractivity contribution >= 4 is 11.6 Å². The third-order valence-electron chi connectivity index (χ3n) is 3.19. The Hall–Kier alpha value is -1.42. The largest absolute Gasteiger partial charge is 0.230 e. The normalized spacial score (nSPS) is 15.1. The van der Waals surface area contributed by atoms with E-state index in [1.807, 2.05) is 0 Å². The number of hydrogen-bond acceptors (Lipinski definition) is 1. The van der Waals surface area contributed by atoms with Gasteiger partial charge in [0.05, 0.1) is 17.8 Å². The zero-order valence-electron chi connectivity index (χ0n) is 9.54. The molecule has 0 aliphatic heterocycles. The minimum absolute atomic E-state index is 0.153. The van der Waals surface area contributed by atoms with Gasteiger partial charge in [0.15, 0.2) is 11.6 Å². The third kappa shape index (κ3) is 1.81. The van der Waals surface area contributed by atoms with Crippen LogP contribution in [0.25, 0.3) is 5.69 Å². The lowest BCUT2D eigenvalue weighted by molar-refractivity contribution is 0.557. The minimum Gasteiger partial charge on any atom is -0.230 e. The highest BCUT2D eigenvalue weighted by Crippen LogP contribution is 2.42. The van der Waals surface area contributed by atoms with Crippen molar-refractivity contribution in [3.8, 4) is 5.69 Å². The molecule has 1 fully saturated rings. The summed E-state index contributed by atoms with van der Waals surface area (Å²) in [6.45, 7) is 0. The lowest BCUT2D eigenvalue weighted by Gasteiger charge is -2.09. The average molecular weight is 269 g/mol. The highest BCUT2D eigenvalue weighted by atomic mass is 35.5. The number of nitrogens with zero attached hydrogens (tertiary/aromatic N) is 2. The minimum atomic E-state index is -0.633. The standard InChI is InChI=1S/C13H11ClF2N2/c14-6-12-9(8-4-5-8)7-17-18(12)13-10(15)2-1-3-11(13)16/h1-3,7-8H,4-6H2. The van der Waals surface area contributed by atoms with Crippen LogP contribution in [-0.4, -0.2) is 9.78 Å². The van der Waals surface area contributed by atoms with Crippen LogP contribution in [0.1, 0.15) is 30.0 Å². The molecule has 1 aromatic heterocycles. The van der Waals surface area contributed by atoms with E-state index in [9.17, 15) is 8.78 Å². The Bertz CT molecular complexity index is 570. The van der Waals surface area contributed by atoms with Crippen LogP contribution in [0.5, 0.6) is 0 Å². The molecule has 0 saturated heterocycles. The second kappa shape index (κ2) is 4.35. The quantitative estimate of drug-likeness (QED) is 0.775. The SMILES string of the molecule is Fc1cccc(F)c1-n1ncc(C2CC2)c1CCl. The molecule has 1 heterocycles. The van der Waals surface area contributed by atoms with E-state index in [0.29, 0.717) is 11.6 Å². The molecule has 2 aromatic rings. The van der Waals surface area contributed by atoms with Crippen LogP contribution in [0.15, 0.2) is 24.4 Å².